The molecule has 2 atom stereocenters. The Morgan fingerprint density at radius 3 is 2.41 bits per heavy atom. The molecule has 3 rings (SSSR count). The lowest BCUT2D eigenvalue weighted by atomic mass is 9.50. The SMILES string of the molecule is C[C@]12CCC(=O)C[C@@]1(C)CC1(CC2)OCCO1. The van der Waals surface area contributed by atoms with Gasteiger partial charge in [-0.2, -0.15) is 0 Å². The number of carbonyl (C=O) groups is 1. The lowest BCUT2D eigenvalue weighted by Gasteiger charge is -2.56. The molecule has 1 saturated heterocycles. The molecule has 3 heteroatoms. The van der Waals surface area contributed by atoms with E-state index in [1.165, 1.54) is 0 Å². The molecule has 1 spiro atoms. The van der Waals surface area contributed by atoms with Crippen molar-refractivity contribution in [2.75, 3.05) is 13.2 Å². The zero-order chi connectivity index (χ0) is 12.1. The second-order valence-corrected chi connectivity index (χ2v) is 6.62. The molecule has 3 fully saturated rings. The second-order valence-electron chi connectivity index (χ2n) is 6.62. The quantitative estimate of drug-likeness (QED) is 0.651. The van der Waals surface area contributed by atoms with Crippen molar-refractivity contribution in [3.8, 4) is 0 Å². The molecule has 2 aliphatic carbocycles. The van der Waals surface area contributed by atoms with Gasteiger partial charge in [0, 0.05) is 25.7 Å². The molecule has 1 aliphatic heterocycles. The number of hydrogen-bond acceptors (Lipinski definition) is 3. The van der Waals surface area contributed by atoms with E-state index in [0.29, 0.717) is 30.8 Å². The van der Waals surface area contributed by atoms with Crippen molar-refractivity contribution in [2.24, 2.45) is 10.8 Å². The minimum Gasteiger partial charge on any atom is -0.348 e. The fourth-order valence-electron chi connectivity index (χ4n) is 4.05. The summed E-state index contributed by atoms with van der Waals surface area (Å²) in [4.78, 5) is 11.8. The van der Waals surface area contributed by atoms with Crippen LogP contribution in [0.2, 0.25) is 0 Å². The fraction of sp³-hybridized carbons (Fsp3) is 0.929. The summed E-state index contributed by atoms with van der Waals surface area (Å²) >= 11 is 0. The number of ketones is 1. The normalized spacial score (nSPS) is 44.9. The maximum Gasteiger partial charge on any atom is 0.169 e. The fourth-order valence-corrected chi connectivity index (χ4v) is 4.05. The van der Waals surface area contributed by atoms with Gasteiger partial charge in [-0.1, -0.05) is 13.8 Å². The van der Waals surface area contributed by atoms with Crippen LogP contribution in [0.4, 0.5) is 0 Å². The summed E-state index contributed by atoms with van der Waals surface area (Å²) in [5, 5.41) is 0. The topological polar surface area (TPSA) is 35.5 Å². The average Bonchev–Trinajstić information content (AvgIpc) is 2.69. The monoisotopic (exact) mass is 238 g/mol. The first kappa shape index (κ1) is 11.7. The van der Waals surface area contributed by atoms with Crippen molar-refractivity contribution in [3.63, 3.8) is 0 Å². The number of hydrogen-bond donors (Lipinski definition) is 0. The first-order valence-electron chi connectivity index (χ1n) is 6.77. The molecule has 3 aliphatic rings. The van der Waals surface area contributed by atoms with Gasteiger partial charge in [-0.25, -0.2) is 0 Å². The van der Waals surface area contributed by atoms with E-state index >= 15 is 0 Å². The van der Waals surface area contributed by atoms with Gasteiger partial charge >= 0.3 is 0 Å². The van der Waals surface area contributed by atoms with Gasteiger partial charge in [-0.3, -0.25) is 4.79 Å². The Labute approximate surface area is 103 Å². The van der Waals surface area contributed by atoms with Crippen LogP contribution in [0.1, 0.15) is 52.4 Å². The van der Waals surface area contributed by atoms with Gasteiger partial charge in [0.15, 0.2) is 5.79 Å². The van der Waals surface area contributed by atoms with E-state index in [1.807, 2.05) is 0 Å². The Bertz CT molecular complexity index is 345. The van der Waals surface area contributed by atoms with Gasteiger partial charge in [0.2, 0.25) is 0 Å². The molecule has 0 aromatic heterocycles. The van der Waals surface area contributed by atoms with Crippen LogP contribution in [-0.2, 0) is 14.3 Å². The summed E-state index contributed by atoms with van der Waals surface area (Å²) in [5.41, 5.74) is 0.354. The lowest BCUT2D eigenvalue weighted by Crippen LogP contribution is -2.53. The van der Waals surface area contributed by atoms with Gasteiger partial charge in [-0.15, -0.1) is 0 Å². The van der Waals surface area contributed by atoms with Crippen LogP contribution >= 0.6 is 0 Å². The van der Waals surface area contributed by atoms with Gasteiger partial charge in [0.05, 0.1) is 13.2 Å². The summed E-state index contributed by atoms with van der Waals surface area (Å²) in [7, 11) is 0. The Morgan fingerprint density at radius 1 is 1.00 bits per heavy atom. The van der Waals surface area contributed by atoms with Crippen molar-refractivity contribution in [2.45, 2.75) is 58.2 Å². The number of fused-ring (bicyclic) bond motifs is 1. The number of rotatable bonds is 0. The molecule has 0 N–H and O–H groups in total. The van der Waals surface area contributed by atoms with E-state index in [4.69, 9.17) is 9.47 Å². The highest BCUT2D eigenvalue weighted by Gasteiger charge is 2.58. The maximum atomic E-state index is 11.8. The minimum atomic E-state index is -0.369. The minimum absolute atomic E-state index is 0.0604. The van der Waals surface area contributed by atoms with E-state index in [9.17, 15) is 4.79 Å². The number of Topliss-reactive ketones (excluding diaryl/α,β-unsaturated/α-hetero) is 1. The van der Waals surface area contributed by atoms with Gasteiger partial charge < -0.3 is 9.47 Å². The van der Waals surface area contributed by atoms with E-state index in [-0.39, 0.29) is 11.2 Å². The van der Waals surface area contributed by atoms with Gasteiger partial charge in [0.25, 0.3) is 0 Å². The number of carbonyl (C=O) groups excluding carboxylic acids is 1. The molecular weight excluding hydrogens is 216 g/mol. The van der Waals surface area contributed by atoms with Crippen molar-refractivity contribution < 1.29 is 14.3 Å². The molecule has 0 unspecified atom stereocenters. The molecule has 3 nitrogen and oxygen atoms in total. The maximum absolute atomic E-state index is 11.8. The highest BCUT2D eigenvalue weighted by atomic mass is 16.7. The highest BCUT2D eigenvalue weighted by molar-refractivity contribution is 5.80. The smallest absolute Gasteiger partial charge is 0.169 e. The van der Waals surface area contributed by atoms with Crippen molar-refractivity contribution in [1.82, 2.24) is 0 Å². The van der Waals surface area contributed by atoms with Crippen molar-refractivity contribution >= 4 is 5.78 Å². The first-order valence-corrected chi connectivity index (χ1v) is 6.77. The summed E-state index contributed by atoms with van der Waals surface area (Å²) in [5.74, 6) is 0.0475. The standard InChI is InChI=1S/C14H22O3/c1-12-4-3-11(15)9-13(12,2)10-14(6-5-12)16-7-8-17-14/h3-10H2,1-2H3/t12-,13+/m1/s1. The van der Waals surface area contributed by atoms with E-state index in [2.05, 4.69) is 13.8 Å². The Hall–Kier alpha value is -0.410. The zero-order valence-corrected chi connectivity index (χ0v) is 10.9. The Kier molecular flexibility index (Phi) is 2.43. The zero-order valence-electron chi connectivity index (χ0n) is 10.9. The lowest BCUT2D eigenvalue weighted by molar-refractivity contribution is -0.231. The molecule has 2 saturated carbocycles. The van der Waals surface area contributed by atoms with Gasteiger partial charge in [0.1, 0.15) is 5.78 Å². The first-order chi connectivity index (χ1) is 7.97. The Balaban J connectivity index is 1.88. The summed E-state index contributed by atoms with van der Waals surface area (Å²) in [6.45, 7) is 6.03. The number of ether oxygens (including phenoxy) is 2. The van der Waals surface area contributed by atoms with Crippen LogP contribution in [0.15, 0.2) is 0 Å². The molecule has 1 heterocycles. The van der Waals surface area contributed by atoms with Gasteiger partial charge in [-0.05, 0) is 23.7 Å². The molecule has 96 valence electrons. The van der Waals surface area contributed by atoms with E-state index in [0.717, 1.165) is 32.1 Å². The van der Waals surface area contributed by atoms with Crippen molar-refractivity contribution in [1.29, 1.82) is 0 Å². The molecule has 0 aromatic carbocycles. The summed E-state index contributed by atoms with van der Waals surface area (Å²) in [6, 6.07) is 0. The molecule has 0 bridgehead atoms. The third-order valence-corrected chi connectivity index (χ3v) is 5.53. The van der Waals surface area contributed by atoms with Crippen LogP contribution in [-0.4, -0.2) is 24.8 Å². The Morgan fingerprint density at radius 2 is 1.71 bits per heavy atom. The van der Waals surface area contributed by atoms with Crippen LogP contribution in [0, 0.1) is 10.8 Å². The predicted molar refractivity (Wildman–Crippen MR) is 63.6 cm³/mol. The molecule has 0 amide bonds. The van der Waals surface area contributed by atoms with E-state index in [1.54, 1.807) is 0 Å². The predicted octanol–water partition coefficient (Wildman–Crippen LogP) is 2.68. The third kappa shape index (κ3) is 1.66. The molecule has 17 heavy (non-hydrogen) atoms. The molecule has 0 radical (unpaired) electrons. The largest absolute Gasteiger partial charge is 0.348 e. The summed E-state index contributed by atoms with van der Waals surface area (Å²) in [6.07, 6.45) is 5.52. The van der Waals surface area contributed by atoms with Crippen LogP contribution in [0.3, 0.4) is 0 Å². The van der Waals surface area contributed by atoms with Crippen LogP contribution in [0.25, 0.3) is 0 Å². The van der Waals surface area contributed by atoms with Crippen LogP contribution in [0.5, 0.6) is 0 Å². The molecular formula is C14H22O3. The third-order valence-electron chi connectivity index (χ3n) is 5.53. The average molecular weight is 238 g/mol. The summed E-state index contributed by atoms with van der Waals surface area (Å²) < 4.78 is 11.7. The second kappa shape index (κ2) is 3.55. The van der Waals surface area contributed by atoms with Crippen molar-refractivity contribution in [3.05, 3.63) is 0 Å². The molecule has 0 aromatic rings. The van der Waals surface area contributed by atoms with E-state index < -0.39 is 0 Å². The highest BCUT2D eigenvalue weighted by Crippen LogP contribution is 2.61. The van der Waals surface area contributed by atoms with Crippen LogP contribution < -0.4 is 0 Å².